The predicted molar refractivity (Wildman–Crippen MR) is 137 cm³/mol. The number of fused-ring (bicyclic) bond motifs is 4. The molecule has 2 aliphatic carbocycles. The number of carbonyl (C=O) groups is 2. The van der Waals surface area contributed by atoms with E-state index in [2.05, 4.69) is 0 Å². The Labute approximate surface area is 210 Å². The predicted octanol–water partition coefficient (Wildman–Crippen LogP) is 4.47. The SMILES string of the molecule is O=C1C=c2ccccc2=c2ccc3c(c21)C(Cc1ccc([N+](=O)[O-])cc1)C(=O)C(c1ccc(F)cc1)C=3. The zero-order valence-electron chi connectivity index (χ0n) is 19.6. The molecule has 0 amide bonds. The van der Waals surface area contributed by atoms with E-state index in [4.69, 9.17) is 0 Å². The third-order valence-electron chi connectivity index (χ3n) is 7.22. The summed E-state index contributed by atoms with van der Waals surface area (Å²) in [6.07, 6.45) is 3.74. The zero-order valence-corrected chi connectivity index (χ0v) is 19.6. The molecule has 4 aromatic rings. The molecule has 0 aliphatic heterocycles. The van der Waals surface area contributed by atoms with E-state index in [1.165, 1.54) is 24.3 Å². The van der Waals surface area contributed by atoms with Crippen molar-refractivity contribution < 1.29 is 18.9 Å². The number of hydrogen-bond donors (Lipinski definition) is 0. The minimum Gasteiger partial charge on any atom is -0.298 e. The molecule has 0 N–H and O–H groups in total. The van der Waals surface area contributed by atoms with Crippen molar-refractivity contribution in [2.75, 3.05) is 0 Å². The summed E-state index contributed by atoms with van der Waals surface area (Å²) in [6, 6.07) is 23.5. The van der Waals surface area contributed by atoms with Gasteiger partial charge in [0.2, 0.25) is 0 Å². The van der Waals surface area contributed by atoms with Gasteiger partial charge in [-0.25, -0.2) is 4.39 Å². The van der Waals surface area contributed by atoms with Crippen LogP contribution in [0.15, 0.2) is 84.9 Å². The molecule has 2 unspecified atom stereocenters. The average molecular weight is 490 g/mol. The molecule has 2 aliphatic rings. The first-order chi connectivity index (χ1) is 17.9. The first-order valence-electron chi connectivity index (χ1n) is 11.9. The Morgan fingerprint density at radius 3 is 2.27 bits per heavy atom. The molecule has 2 atom stereocenters. The number of halogens is 1. The first kappa shape index (κ1) is 22.7. The van der Waals surface area contributed by atoms with Crippen LogP contribution in [0.4, 0.5) is 10.1 Å². The van der Waals surface area contributed by atoms with E-state index in [1.54, 1.807) is 30.3 Å². The van der Waals surface area contributed by atoms with E-state index in [-0.39, 0.29) is 29.5 Å². The van der Waals surface area contributed by atoms with Crippen molar-refractivity contribution in [3.63, 3.8) is 0 Å². The lowest BCUT2D eigenvalue weighted by Gasteiger charge is -2.28. The van der Waals surface area contributed by atoms with Crippen molar-refractivity contribution in [2.45, 2.75) is 18.3 Å². The molecular weight excluding hydrogens is 469 g/mol. The summed E-state index contributed by atoms with van der Waals surface area (Å²) >= 11 is 0. The number of hydrogen-bond acceptors (Lipinski definition) is 4. The molecule has 180 valence electrons. The number of nitrogens with zero attached hydrogens (tertiary/aromatic N) is 1. The fourth-order valence-electron chi connectivity index (χ4n) is 5.47. The quantitative estimate of drug-likeness (QED) is 0.313. The zero-order chi connectivity index (χ0) is 25.7. The van der Waals surface area contributed by atoms with Crippen LogP contribution in [0.1, 0.15) is 38.9 Å². The summed E-state index contributed by atoms with van der Waals surface area (Å²) in [7, 11) is 0. The minimum absolute atomic E-state index is 0.0320. The van der Waals surface area contributed by atoms with Crippen molar-refractivity contribution >= 4 is 29.4 Å². The monoisotopic (exact) mass is 489 g/mol. The Balaban J connectivity index is 1.60. The van der Waals surface area contributed by atoms with Crippen LogP contribution in [0.2, 0.25) is 0 Å². The lowest BCUT2D eigenvalue weighted by atomic mass is 9.73. The van der Waals surface area contributed by atoms with Crippen molar-refractivity contribution in [3.05, 3.63) is 144 Å². The van der Waals surface area contributed by atoms with Crippen LogP contribution >= 0.6 is 0 Å². The molecule has 5 nitrogen and oxygen atoms in total. The van der Waals surface area contributed by atoms with E-state index in [9.17, 15) is 24.1 Å². The van der Waals surface area contributed by atoms with Gasteiger partial charge in [-0.05, 0) is 62.2 Å². The van der Waals surface area contributed by atoms with Gasteiger partial charge in [0.1, 0.15) is 5.82 Å². The highest BCUT2D eigenvalue weighted by molar-refractivity contribution is 6.19. The molecule has 0 fully saturated rings. The molecule has 0 saturated carbocycles. The van der Waals surface area contributed by atoms with Gasteiger partial charge in [0.25, 0.3) is 5.69 Å². The van der Waals surface area contributed by atoms with Crippen molar-refractivity contribution in [3.8, 4) is 0 Å². The molecule has 6 rings (SSSR count). The standard InChI is InChI=1S/C31H20FNO4/c32-22-10-7-19(8-11-22)26-16-21-9-14-25-24-4-2-1-3-20(24)17-28(34)30(25)29(21)27(31(26)35)15-18-5-12-23(13-6-18)33(36)37/h1-14,16-17,26-27H,15H2. The molecule has 37 heavy (non-hydrogen) atoms. The summed E-state index contributed by atoms with van der Waals surface area (Å²) in [4.78, 5) is 38.1. The molecular formula is C31H20FNO4. The maximum Gasteiger partial charge on any atom is 0.269 e. The highest BCUT2D eigenvalue weighted by Crippen LogP contribution is 2.35. The largest absolute Gasteiger partial charge is 0.298 e. The second kappa shape index (κ2) is 8.75. The van der Waals surface area contributed by atoms with Gasteiger partial charge in [-0.2, -0.15) is 0 Å². The Bertz CT molecular complexity index is 1830. The van der Waals surface area contributed by atoms with Gasteiger partial charge in [0.15, 0.2) is 11.6 Å². The van der Waals surface area contributed by atoms with E-state index < -0.39 is 16.8 Å². The van der Waals surface area contributed by atoms with Gasteiger partial charge in [0, 0.05) is 23.6 Å². The summed E-state index contributed by atoms with van der Waals surface area (Å²) in [5, 5.41) is 14.5. The Kier molecular flexibility index (Phi) is 5.37. The molecule has 0 heterocycles. The molecule has 0 spiro atoms. The highest BCUT2D eigenvalue weighted by atomic mass is 19.1. The van der Waals surface area contributed by atoms with Gasteiger partial charge in [-0.3, -0.25) is 19.7 Å². The molecule has 0 bridgehead atoms. The third-order valence-corrected chi connectivity index (χ3v) is 7.22. The van der Waals surface area contributed by atoms with Gasteiger partial charge < -0.3 is 0 Å². The summed E-state index contributed by atoms with van der Waals surface area (Å²) in [5.41, 5.74) is 2.59. The third kappa shape index (κ3) is 3.87. The van der Waals surface area contributed by atoms with Crippen molar-refractivity contribution in [1.29, 1.82) is 0 Å². The van der Waals surface area contributed by atoms with E-state index in [0.717, 1.165) is 26.4 Å². The van der Waals surface area contributed by atoms with Crippen LogP contribution in [-0.4, -0.2) is 16.5 Å². The molecule has 0 saturated heterocycles. The number of non-ortho nitro benzene ring substituents is 1. The maximum absolute atomic E-state index is 14.0. The number of ketones is 2. The molecule has 6 heteroatoms. The summed E-state index contributed by atoms with van der Waals surface area (Å²) in [6.45, 7) is 0. The van der Waals surface area contributed by atoms with Crippen LogP contribution in [0.3, 0.4) is 0 Å². The van der Waals surface area contributed by atoms with Crippen molar-refractivity contribution in [1.82, 2.24) is 0 Å². The number of carbonyl (C=O) groups excluding carboxylic acids is 2. The number of rotatable bonds is 4. The average Bonchev–Trinajstić information content (AvgIpc) is 2.90. The second-order valence-corrected chi connectivity index (χ2v) is 9.37. The minimum atomic E-state index is -0.658. The number of nitro benzene ring substituents is 1. The Morgan fingerprint density at radius 2 is 1.54 bits per heavy atom. The Hall–Kier alpha value is -4.71. The van der Waals surface area contributed by atoms with E-state index in [0.29, 0.717) is 16.7 Å². The fraction of sp³-hybridized carbons (Fsp3) is 0.0968. The fourth-order valence-corrected chi connectivity index (χ4v) is 5.47. The second-order valence-electron chi connectivity index (χ2n) is 9.37. The van der Waals surface area contributed by atoms with Gasteiger partial charge in [-0.15, -0.1) is 0 Å². The summed E-state index contributed by atoms with van der Waals surface area (Å²) in [5.74, 6) is -1.90. The summed E-state index contributed by atoms with van der Waals surface area (Å²) < 4.78 is 13.6. The number of Topliss-reactive ketones (excluding diaryl/α,β-unsaturated/α-hetero) is 2. The van der Waals surface area contributed by atoms with Crippen LogP contribution in [0.25, 0.3) is 12.2 Å². The maximum atomic E-state index is 14.0. The normalized spacial score (nSPS) is 17.6. The van der Waals surface area contributed by atoms with Crippen LogP contribution in [0, 0.1) is 26.4 Å². The molecule has 4 aromatic carbocycles. The Morgan fingerprint density at radius 1 is 0.811 bits per heavy atom. The van der Waals surface area contributed by atoms with E-state index in [1.807, 2.05) is 42.5 Å². The first-order valence-corrected chi connectivity index (χ1v) is 11.9. The lowest BCUT2D eigenvalue weighted by Crippen LogP contribution is -2.35. The lowest BCUT2D eigenvalue weighted by molar-refractivity contribution is -0.384. The topological polar surface area (TPSA) is 77.3 Å². The van der Waals surface area contributed by atoms with Gasteiger partial charge in [-0.1, -0.05) is 66.7 Å². The van der Waals surface area contributed by atoms with E-state index >= 15 is 0 Å². The highest BCUT2D eigenvalue weighted by Gasteiger charge is 2.35. The number of benzene rings is 4. The van der Waals surface area contributed by atoms with Crippen LogP contribution in [0.5, 0.6) is 0 Å². The van der Waals surface area contributed by atoms with Gasteiger partial charge >= 0.3 is 0 Å². The smallest absolute Gasteiger partial charge is 0.269 e. The number of nitro groups is 1. The van der Waals surface area contributed by atoms with Crippen LogP contribution < -0.4 is 10.4 Å². The van der Waals surface area contributed by atoms with Gasteiger partial charge in [0.05, 0.1) is 10.8 Å². The molecule has 0 radical (unpaired) electrons. The van der Waals surface area contributed by atoms with Crippen LogP contribution in [-0.2, 0) is 11.2 Å². The molecule has 0 aromatic heterocycles. The van der Waals surface area contributed by atoms with Crippen molar-refractivity contribution in [2.24, 2.45) is 0 Å².